The molecule has 4 N–H and O–H groups in total. The molecule has 0 aliphatic carbocycles. The highest BCUT2D eigenvalue weighted by molar-refractivity contribution is 5.64. The fourth-order valence-corrected chi connectivity index (χ4v) is 2.16. The molecule has 18 heavy (non-hydrogen) atoms. The number of anilines is 1. The molecule has 0 bridgehead atoms. The summed E-state index contributed by atoms with van der Waals surface area (Å²) in [5.74, 6) is 1.41. The van der Waals surface area contributed by atoms with Crippen LogP contribution in [0.1, 0.15) is 6.42 Å². The monoisotopic (exact) mass is 245 g/mol. The zero-order valence-electron chi connectivity index (χ0n) is 9.87. The van der Waals surface area contributed by atoms with E-state index in [2.05, 4.69) is 15.2 Å². The van der Waals surface area contributed by atoms with Gasteiger partial charge in [-0.15, -0.1) is 5.10 Å². The molecular weight excluding hydrogens is 230 g/mol. The van der Waals surface area contributed by atoms with Crippen molar-refractivity contribution in [3.8, 4) is 17.1 Å². The summed E-state index contributed by atoms with van der Waals surface area (Å²) < 4.78 is 0. The van der Waals surface area contributed by atoms with Crippen molar-refractivity contribution in [2.75, 3.05) is 18.0 Å². The maximum Gasteiger partial charge on any atom is 0.245 e. The Balaban J connectivity index is 1.88. The normalized spacial score (nSPS) is 19.4. The van der Waals surface area contributed by atoms with E-state index < -0.39 is 0 Å². The van der Waals surface area contributed by atoms with Gasteiger partial charge in [0, 0.05) is 19.1 Å². The van der Waals surface area contributed by atoms with E-state index in [-0.39, 0.29) is 11.8 Å². The van der Waals surface area contributed by atoms with Gasteiger partial charge in [-0.1, -0.05) is 12.1 Å². The van der Waals surface area contributed by atoms with Gasteiger partial charge in [-0.2, -0.15) is 4.98 Å². The van der Waals surface area contributed by atoms with E-state index in [9.17, 15) is 5.11 Å². The number of para-hydroxylation sites is 1. The second-order valence-corrected chi connectivity index (χ2v) is 4.50. The maximum absolute atomic E-state index is 9.76. The molecular formula is C12H15N5O. The predicted octanol–water partition coefficient (Wildman–Crippen LogP) is 0.715. The van der Waals surface area contributed by atoms with Crippen LogP contribution in [0.3, 0.4) is 0 Å². The third-order valence-corrected chi connectivity index (χ3v) is 3.14. The number of nitrogens with one attached hydrogen (secondary N) is 1. The van der Waals surface area contributed by atoms with E-state index in [0.29, 0.717) is 17.3 Å². The maximum atomic E-state index is 9.76. The summed E-state index contributed by atoms with van der Waals surface area (Å²) in [5, 5.41) is 16.8. The van der Waals surface area contributed by atoms with Gasteiger partial charge in [0.25, 0.3) is 0 Å². The van der Waals surface area contributed by atoms with Gasteiger partial charge in [-0.3, -0.25) is 5.10 Å². The van der Waals surface area contributed by atoms with Crippen LogP contribution in [-0.4, -0.2) is 39.4 Å². The lowest BCUT2D eigenvalue weighted by Gasteiger charge is -2.11. The SMILES string of the molecule is NC1CCN(c2n[nH]c(-c3ccccc3O)n2)C1. The molecule has 1 aliphatic heterocycles. The van der Waals surface area contributed by atoms with Crippen LogP contribution in [0.15, 0.2) is 24.3 Å². The Kier molecular flexibility index (Phi) is 2.64. The number of rotatable bonds is 2. The molecule has 1 saturated heterocycles. The largest absolute Gasteiger partial charge is 0.507 e. The van der Waals surface area contributed by atoms with Gasteiger partial charge >= 0.3 is 0 Å². The Bertz CT molecular complexity index is 553. The molecule has 0 amide bonds. The smallest absolute Gasteiger partial charge is 0.245 e. The van der Waals surface area contributed by atoms with Crippen molar-refractivity contribution in [1.29, 1.82) is 0 Å². The highest BCUT2D eigenvalue weighted by atomic mass is 16.3. The van der Waals surface area contributed by atoms with Crippen molar-refractivity contribution in [3.05, 3.63) is 24.3 Å². The first-order valence-corrected chi connectivity index (χ1v) is 5.95. The number of nitrogens with zero attached hydrogens (tertiary/aromatic N) is 3. The first-order chi connectivity index (χ1) is 8.74. The van der Waals surface area contributed by atoms with Crippen molar-refractivity contribution < 1.29 is 5.11 Å². The summed E-state index contributed by atoms with van der Waals surface area (Å²) in [4.78, 5) is 6.45. The van der Waals surface area contributed by atoms with Crippen molar-refractivity contribution in [2.24, 2.45) is 5.73 Å². The fourth-order valence-electron chi connectivity index (χ4n) is 2.16. The molecule has 2 heterocycles. The van der Waals surface area contributed by atoms with E-state index in [1.165, 1.54) is 0 Å². The van der Waals surface area contributed by atoms with Gasteiger partial charge in [-0.05, 0) is 18.6 Å². The van der Waals surface area contributed by atoms with Crippen molar-refractivity contribution in [2.45, 2.75) is 12.5 Å². The average Bonchev–Trinajstić information content (AvgIpc) is 2.98. The fraction of sp³-hybridized carbons (Fsp3) is 0.333. The van der Waals surface area contributed by atoms with Crippen LogP contribution in [0.5, 0.6) is 5.75 Å². The summed E-state index contributed by atoms with van der Waals surface area (Å²) in [7, 11) is 0. The van der Waals surface area contributed by atoms with Crippen LogP contribution in [-0.2, 0) is 0 Å². The van der Waals surface area contributed by atoms with E-state index in [1.807, 2.05) is 11.0 Å². The summed E-state index contributed by atoms with van der Waals surface area (Å²) >= 11 is 0. The van der Waals surface area contributed by atoms with Crippen molar-refractivity contribution in [3.63, 3.8) is 0 Å². The highest BCUT2D eigenvalue weighted by Gasteiger charge is 2.22. The van der Waals surface area contributed by atoms with Crippen molar-refractivity contribution in [1.82, 2.24) is 15.2 Å². The summed E-state index contributed by atoms with van der Waals surface area (Å²) in [6.07, 6.45) is 0.959. The molecule has 1 fully saturated rings. The Morgan fingerprint density at radius 2 is 2.22 bits per heavy atom. The van der Waals surface area contributed by atoms with E-state index in [1.54, 1.807) is 18.2 Å². The number of aromatic amines is 1. The van der Waals surface area contributed by atoms with Crippen LogP contribution >= 0.6 is 0 Å². The molecule has 0 spiro atoms. The first-order valence-electron chi connectivity index (χ1n) is 5.95. The molecule has 1 aromatic carbocycles. The molecule has 1 aromatic heterocycles. The summed E-state index contributed by atoms with van der Waals surface area (Å²) in [6, 6.07) is 7.24. The molecule has 3 rings (SSSR count). The predicted molar refractivity (Wildman–Crippen MR) is 68.3 cm³/mol. The molecule has 0 radical (unpaired) electrons. The third-order valence-electron chi connectivity index (χ3n) is 3.14. The van der Waals surface area contributed by atoms with Gasteiger partial charge in [0.05, 0.1) is 5.56 Å². The number of aromatic hydroxyl groups is 1. The summed E-state index contributed by atoms with van der Waals surface area (Å²) in [5.41, 5.74) is 6.51. The minimum atomic E-state index is 0.192. The number of phenolic OH excluding ortho intramolecular Hbond substituents is 1. The average molecular weight is 245 g/mol. The minimum Gasteiger partial charge on any atom is -0.507 e. The third kappa shape index (κ3) is 1.91. The van der Waals surface area contributed by atoms with E-state index >= 15 is 0 Å². The number of phenols is 1. The topological polar surface area (TPSA) is 91.1 Å². The van der Waals surface area contributed by atoms with Gasteiger partial charge < -0.3 is 15.7 Å². The van der Waals surface area contributed by atoms with E-state index in [4.69, 9.17) is 5.73 Å². The minimum absolute atomic E-state index is 0.192. The van der Waals surface area contributed by atoms with Crippen LogP contribution in [0.25, 0.3) is 11.4 Å². The Hall–Kier alpha value is -2.08. The van der Waals surface area contributed by atoms with Crippen LogP contribution in [0.2, 0.25) is 0 Å². The number of hydrogen-bond donors (Lipinski definition) is 3. The Labute approximate surface area is 104 Å². The quantitative estimate of drug-likeness (QED) is 0.725. The number of hydrogen-bond acceptors (Lipinski definition) is 5. The van der Waals surface area contributed by atoms with Gasteiger partial charge in [0.1, 0.15) is 5.75 Å². The van der Waals surface area contributed by atoms with Gasteiger partial charge in [0.2, 0.25) is 5.95 Å². The zero-order chi connectivity index (χ0) is 12.5. The number of H-pyrrole nitrogens is 1. The molecule has 6 heteroatoms. The number of nitrogens with two attached hydrogens (primary N) is 1. The molecule has 1 unspecified atom stereocenters. The van der Waals surface area contributed by atoms with Crippen LogP contribution < -0.4 is 10.6 Å². The summed E-state index contributed by atoms with van der Waals surface area (Å²) in [6.45, 7) is 1.65. The molecule has 0 saturated carbocycles. The molecule has 94 valence electrons. The zero-order valence-corrected chi connectivity index (χ0v) is 9.87. The molecule has 2 aromatic rings. The second-order valence-electron chi connectivity index (χ2n) is 4.50. The molecule has 1 aliphatic rings. The second kappa shape index (κ2) is 4.30. The number of aromatic nitrogens is 3. The van der Waals surface area contributed by atoms with Gasteiger partial charge in [-0.25, -0.2) is 0 Å². The highest BCUT2D eigenvalue weighted by Crippen LogP contribution is 2.27. The van der Waals surface area contributed by atoms with Crippen LogP contribution in [0.4, 0.5) is 5.95 Å². The molecule has 1 atom stereocenters. The molecule has 6 nitrogen and oxygen atoms in total. The lowest BCUT2D eigenvalue weighted by atomic mass is 10.2. The lowest BCUT2D eigenvalue weighted by molar-refractivity contribution is 0.477. The first kappa shape index (κ1) is 11.0. The van der Waals surface area contributed by atoms with Crippen molar-refractivity contribution >= 4 is 5.95 Å². The lowest BCUT2D eigenvalue weighted by Crippen LogP contribution is -2.26. The number of benzene rings is 1. The Morgan fingerprint density at radius 1 is 1.39 bits per heavy atom. The van der Waals surface area contributed by atoms with Crippen LogP contribution in [0, 0.1) is 0 Å². The van der Waals surface area contributed by atoms with E-state index in [0.717, 1.165) is 19.5 Å². The standard InChI is InChI=1S/C12H15N5O/c13-8-5-6-17(7-8)12-14-11(15-16-12)9-3-1-2-4-10(9)18/h1-4,8,18H,5-7,13H2,(H,14,15,16). The Morgan fingerprint density at radius 3 is 2.94 bits per heavy atom. The van der Waals surface area contributed by atoms with Gasteiger partial charge in [0.15, 0.2) is 5.82 Å².